The van der Waals surface area contributed by atoms with Gasteiger partial charge in [-0.25, -0.2) is 18.9 Å². The van der Waals surface area contributed by atoms with Crippen LogP contribution in [0.1, 0.15) is 31.5 Å². The number of nitrogens with one attached hydrogen (secondary N) is 1. The summed E-state index contributed by atoms with van der Waals surface area (Å²) >= 11 is 0. The Kier molecular flexibility index (Phi) is 4.28. The molecule has 1 aliphatic carbocycles. The standard InChI is InChI=1S/C19H21N5O2/c1-13-20-16(14-7-3-2-4-8-14)11-17-22-23(19(26)24(13)17)12-18(25)21-15-9-5-6-10-15/h2-4,7-8,11,15H,5-6,9-10,12H2,1H3,(H,21,25). The van der Waals surface area contributed by atoms with E-state index in [2.05, 4.69) is 15.4 Å². The van der Waals surface area contributed by atoms with Gasteiger partial charge in [0.15, 0.2) is 5.65 Å². The normalized spacial score (nSPS) is 14.8. The van der Waals surface area contributed by atoms with Crippen LogP contribution in [0.2, 0.25) is 0 Å². The van der Waals surface area contributed by atoms with Gasteiger partial charge >= 0.3 is 5.69 Å². The van der Waals surface area contributed by atoms with E-state index in [4.69, 9.17) is 0 Å². The minimum atomic E-state index is -0.341. The molecular formula is C19H21N5O2. The first-order valence-electron chi connectivity index (χ1n) is 8.94. The fraction of sp³-hybridized carbons (Fsp3) is 0.368. The lowest BCUT2D eigenvalue weighted by Gasteiger charge is -2.10. The summed E-state index contributed by atoms with van der Waals surface area (Å²) in [6.07, 6.45) is 4.31. The molecule has 0 saturated heterocycles. The summed E-state index contributed by atoms with van der Waals surface area (Å²) < 4.78 is 2.65. The van der Waals surface area contributed by atoms with E-state index < -0.39 is 0 Å². The topological polar surface area (TPSA) is 81.3 Å². The third kappa shape index (κ3) is 3.12. The van der Waals surface area contributed by atoms with E-state index in [9.17, 15) is 9.59 Å². The highest BCUT2D eigenvalue weighted by Crippen LogP contribution is 2.18. The van der Waals surface area contributed by atoms with E-state index >= 15 is 0 Å². The number of hydrogen-bond acceptors (Lipinski definition) is 4. The minimum Gasteiger partial charge on any atom is -0.352 e. The third-order valence-electron chi connectivity index (χ3n) is 4.82. The smallest absolute Gasteiger partial charge is 0.352 e. The molecule has 3 aromatic rings. The van der Waals surface area contributed by atoms with Gasteiger partial charge in [-0.3, -0.25) is 4.79 Å². The summed E-state index contributed by atoms with van der Waals surface area (Å²) in [5.74, 6) is 0.380. The van der Waals surface area contributed by atoms with Crippen molar-refractivity contribution in [3.63, 3.8) is 0 Å². The minimum absolute atomic E-state index is 0.0723. The Morgan fingerprint density at radius 2 is 1.96 bits per heavy atom. The number of carbonyl (C=O) groups excluding carboxylic acids is 1. The molecule has 1 N–H and O–H groups in total. The van der Waals surface area contributed by atoms with Gasteiger partial charge in [-0.1, -0.05) is 43.2 Å². The molecule has 7 nitrogen and oxygen atoms in total. The van der Waals surface area contributed by atoms with E-state index in [1.54, 1.807) is 13.0 Å². The average molecular weight is 351 g/mol. The van der Waals surface area contributed by atoms with Gasteiger partial charge in [-0.2, -0.15) is 0 Å². The van der Waals surface area contributed by atoms with Crippen LogP contribution in [0.5, 0.6) is 0 Å². The molecule has 7 heteroatoms. The van der Waals surface area contributed by atoms with Crippen LogP contribution in [0.25, 0.3) is 16.9 Å². The molecule has 0 atom stereocenters. The van der Waals surface area contributed by atoms with Gasteiger partial charge < -0.3 is 5.32 Å². The summed E-state index contributed by atoms with van der Waals surface area (Å²) in [5.41, 5.74) is 1.86. The summed E-state index contributed by atoms with van der Waals surface area (Å²) in [7, 11) is 0. The molecule has 0 radical (unpaired) electrons. The number of hydrogen-bond donors (Lipinski definition) is 1. The molecule has 4 rings (SSSR count). The number of aryl methyl sites for hydroxylation is 1. The zero-order valence-electron chi connectivity index (χ0n) is 14.7. The first-order valence-corrected chi connectivity index (χ1v) is 8.94. The van der Waals surface area contributed by atoms with Gasteiger partial charge in [-0.15, -0.1) is 5.10 Å². The van der Waals surface area contributed by atoms with Crippen molar-refractivity contribution in [2.24, 2.45) is 0 Å². The predicted molar refractivity (Wildman–Crippen MR) is 97.8 cm³/mol. The monoisotopic (exact) mass is 351 g/mol. The number of benzene rings is 1. The van der Waals surface area contributed by atoms with Gasteiger partial charge in [0.05, 0.1) is 5.69 Å². The molecule has 0 spiro atoms. The first kappa shape index (κ1) is 16.5. The third-order valence-corrected chi connectivity index (χ3v) is 4.82. The van der Waals surface area contributed by atoms with Crippen LogP contribution < -0.4 is 11.0 Å². The highest BCUT2D eigenvalue weighted by atomic mass is 16.2. The zero-order valence-corrected chi connectivity index (χ0v) is 14.7. The van der Waals surface area contributed by atoms with Crippen molar-refractivity contribution in [2.75, 3.05) is 0 Å². The molecule has 134 valence electrons. The maximum absolute atomic E-state index is 12.6. The number of nitrogens with zero attached hydrogens (tertiary/aromatic N) is 4. The Labute approximate surface area is 150 Å². The van der Waals surface area contributed by atoms with Crippen molar-refractivity contribution >= 4 is 11.6 Å². The fourth-order valence-electron chi connectivity index (χ4n) is 3.54. The van der Waals surface area contributed by atoms with Crippen LogP contribution in [-0.4, -0.2) is 31.1 Å². The molecular weight excluding hydrogens is 330 g/mol. The van der Waals surface area contributed by atoms with Crippen molar-refractivity contribution in [1.29, 1.82) is 0 Å². The number of carbonyl (C=O) groups is 1. The fourth-order valence-corrected chi connectivity index (χ4v) is 3.54. The van der Waals surface area contributed by atoms with Crippen LogP contribution in [-0.2, 0) is 11.3 Å². The van der Waals surface area contributed by atoms with Crippen LogP contribution in [0, 0.1) is 6.92 Å². The maximum atomic E-state index is 12.6. The Morgan fingerprint density at radius 3 is 2.69 bits per heavy atom. The van der Waals surface area contributed by atoms with Crippen molar-refractivity contribution in [3.05, 3.63) is 52.7 Å². The average Bonchev–Trinajstić information content (AvgIpc) is 3.24. The van der Waals surface area contributed by atoms with E-state index in [0.29, 0.717) is 11.5 Å². The highest BCUT2D eigenvalue weighted by Gasteiger charge is 2.19. The number of rotatable bonds is 4. The van der Waals surface area contributed by atoms with Gasteiger partial charge in [0.2, 0.25) is 5.91 Å². The van der Waals surface area contributed by atoms with E-state index in [1.807, 2.05) is 30.3 Å². The first-order chi connectivity index (χ1) is 12.6. The quantitative estimate of drug-likeness (QED) is 0.779. The van der Waals surface area contributed by atoms with Crippen molar-refractivity contribution in [1.82, 2.24) is 24.5 Å². The molecule has 0 unspecified atom stereocenters. The maximum Gasteiger partial charge on any atom is 0.352 e. The van der Waals surface area contributed by atoms with E-state index in [-0.39, 0.29) is 24.2 Å². The number of aromatic nitrogens is 4. The predicted octanol–water partition coefficient (Wildman–Crippen LogP) is 1.93. The Hall–Kier alpha value is -2.96. The molecule has 1 aromatic carbocycles. The molecule has 26 heavy (non-hydrogen) atoms. The Morgan fingerprint density at radius 1 is 1.23 bits per heavy atom. The number of fused-ring (bicyclic) bond motifs is 1. The number of amides is 1. The zero-order chi connectivity index (χ0) is 18.1. The largest absolute Gasteiger partial charge is 0.352 e. The molecule has 1 saturated carbocycles. The van der Waals surface area contributed by atoms with E-state index in [0.717, 1.165) is 36.9 Å². The van der Waals surface area contributed by atoms with Crippen molar-refractivity contribution in [2.45, 2.75) is 45.2 Å². The molecule has 2 aromatic heterocycles. The second-order valence-corrected chi connectivity index (χ2v) is 6.74. The van der Waals surface area contributed by atoms with Gasteiger partial charge in [0.25, 0.3) is 0 Å². The van der Waals surface area contributed by atoms with Crippen molar-refractivity contribution < 1.29 is 4.79 Å². The summed E-state index contributed by atoms with van der Waals surface area (Å²) in [4.78, 5) is 29.4. The van der Waals surface area contributed by atoms with Crippen molar-refractivity contribution in [3.8, 4) is 11.3 Å². The molecule has 0 bridgehead atoms. The van der Waals surface area contributed by atoms with Gasteiger partial charge in [0.1, 0.15) is 12.4 Å². The molecule has 1 amide bonds. The summed E-state index contributed by atoms with van der Waals surface area (Å²) in [5, 5.41) is 7.33. The summed E-state index contributed by atoms with van der Waals surface area (Å²) in [6.45, 7) is 1.70. The molecule has 2 heterocycles. The Balaban J connectivity index is 1.64. The van der Waals surface area contributed by atoms with Crippen LogP contribution in [0.4, 0.5) is 0 Å². The van der Waals surface area contributed by atoms with Crippen LogP contribution in [0.15, 0.2) is 41.2 Å². The Bertz CT molecular complexity index is 1000. The van der Waals surface area contributed by atoms with E-state index in [1.165, 1.54) is 9.08 Å². The molecule has 0 aliphatic heterocycles. The second kappa shape index (κ2) is 6.74. The van der Waals surface area contributed by atoms with Gasteiger partial charge in [0, 0.05) is 17.7 Å². The lowest BCUT2D eigenvalue weighted by Crippen LogP contribution is -2.37. The molecule has 1 fully saturated rings. The molecule has 1 aliphatic rings. The highest BCUT2D eigenvalue weighted by molar-refractivity contribution is 5.76. The summed E-state index contributed by atoms with van der Waals surface area (Å²) in [6, 6.07) is 11.7. The second-order valence-electron chi connectivity index (χ2n) is 6.74. The van der Waals surface area contributed by atoms with Crippen LogP contribution in [0.3, 0.4) is 0 Å². The van der Waals surface area contributed by atoms with Gasteiger partial charge in [-0.05, 0) is 19.8 Å². The SMILES string of the molecule is Cc1nc(-c2ccccc2)cc2nn(CC(=O)NC3CCCC3)c(=O)n12. The lowest BCUT2D eigenvalue weighted by atomic mass is 10.1. The lowest BCUT2D eigenvalue weighted by molar-refractivity contribution is -0.122. The van der Waals surface area contributed by atoms with Crippen LogP contribution >= 0.6 is 0 Å².